The topological polar surface area (TPSA) is 156 Å². The monoisotopic (exact) mass is 194 g/mol. The number of nitrogens with two attached hydrogens (primary N) is 6. The summed E-state index contributed by atoms with van der Waals surface area (Å²) in [4.78, 5) is 0. The summed E-state index contributed by atoms with van der Waals surface area (Å²) >= 11 is -5.18. The van der Waals surface area contributed by atoms with Gasteiger partial charge in [0, 0.05) is 0 Å². The molecule has 0 aromatic rings. The van der Waals surface area contributed by atoms with E-state index in [4.69, 9.17) is 25.8 Å². The predicted molar refractivity (Wildman–Crippen MR) is 25.1 cm³/mol. The molecule has 0 saturated carbocycles. The fourth-order valence-corrected chi connectivity index (χ4v) is 0. The first kappa shape index (κ1) is 7.45. The SMILES string of the molecule is [NH2][Mo]([NH2])([NH2])([NH2])([NH2])[NH2]. The quantitative estimate of drug-likeness (QED) is 0.218. The maximum absolute atomic E-state index is 5.18. The van der Waals surface area contributed by atoms with Gasteiger partial charge in [0.2, 0.25) is 0 Å². The number of hydrogen-bond donors (Lipinski definition) is 6. The van der Waals surface area contributed by atoms with Crippen LogP contribution in [0.1, 0.15) is 0 Å². The van der Waals surface area contributed by atoms with E-state index in [-0.39, 0.29) is 0 Å². The predicted octanol–water partition coefficient (Wildman–Crippen LogP) is -3.55. The molecule has 0 aliphatic carbocycles. The van der Waals surface area contributed by atoms with Crippen LogP contribution in [0.4, 0.5) is 0 Å². The third-order valence-electron chi connectivity index (χ3n) is 0. The summed E-state index contributed by atoms with van der Waals surface area (Å²) in [5.41, 5.74) is 0. The average molecular weight is 192 g/mol. The summed E-state index contributed by atoms with van der Waals surface area (Å²) in [5, 5.41) is 0. The van der Waals surface area contributed by atoms with E-state index in [1.807, 2.05) is 0 Å². The Balaban J connectivity index is 4.43. The van der Waals surface area contributed by atoms with Gasteiger partial charge in [0.15, 0.2) is 0 Å². The Morgan fingerprint density at radius 2 is 0.571 bits per heavy atom. The summed E-state index contributed by atoms with van der Waals surface area (Å²) < 4.78 is 29.5. The van der Waals surface area contributed by atoms with Crippen LogP contribution < -0.4 is 25.8 Å². The first-order chi connectivity index (χ1) is 2.45. The van der Waals surface area contributed by atoms with Crippen molar-refractivity contribution in [3.63, 3.8) is 0 Å². The van der Waals surface area contributed by atoms with E-state index in [0.717, 1.165) is 0 Å². The molecule has 0 aliphatic rings. The van der Waals surface area contributed by atoms with Crippen molar-refractivity contribution in [2.24, 2.45) is 25.8 Å². The van der Waals surface area contributed by atoms with E-state index >= 15 is 0 Å². The van der Waals surface area contributed by atoms with Gasteiger partial charge in [-0.05, 0) is 0 Å². The molecule has 0 fully saturated rings. The summed E-state index contributed by atoms with van der Waals surface area (Å²) in [7, 11) is 0. The molecule has 0 saturated heterocycles. The van der Waals surface area contributed by atoms with Crippen LogP contribution >= 0.6 is 0 Å². The molecule has 7 heavy (non-hydrogen) atoms. The van der Waals surface area contributed by atoms with E-state index in [1.165, 1.54) is 0 Å². The molecule has 48 valence electrons. The van der Waals surface area contributed by atoms with Gasteiger partial charge in [0.25, 0.3) is 0 Å². The van der Waals surface area contributed by atoms with Gasteiger partial charge < -0.3 is 0 Å². The minimum absolute atomic E-state index is 4.92. The molecule has 0 atom stereocenters. The molecule has 0 amide bonds. The molecule has 7 heteroatoms. The Kier molecular flexibility index (Phi) is 0.853. The minimum atomic E-state index is -5.18. The Bertz CT molecular complexity index is 62.7. The Morgan fingerprint density at radius 3 is 0.571 bits per heavy atom. The molecule has 0 aromatic heterocycles. The third-order valence-corrected chi connectivity index (χ3v) is 0. The van der Waals surface area contributed by atoms with Crippen LogP contribution in [0, 0.1) is 0 Å². The molecule has 0 spiro atoms. The standard InChI is InChI=1S/Mo.6H2N/h;6*1H2/q+6;6*-1. The maximum atomic E-state index is 4.92. The summed E-state index contributed by atoms with van der Waals surface area (Å²) in [6.07, 6.45) is 0. The van der Waals surface area contributed by atoms with Crippen LogP contribution in [0.25, 0.3) is 0 Å². The van der Waals surface area contributed by atoms with Crippen LogP contribution in [0.15, 0.2) is 0 Å². The van der Waals surface area contributed by atoms with Gasteiger partial charge in [0.05, 0.1) is 0 Å². The fourth-order valence-electron chi connectivity index (χ4n) is 0. The molecule has 0 aromatic carbocycles. The van der Waals surface area contributed by atoms with Gasteiger partial charge in [-0.3, -0.25) is 0 Å². The van der Waals surface area contributed by atoms with Gasteiger partial charge >= 0.3 is 40.8 Å². The molecule has 0 radical (unpaired) electrons. The Hall–Kier alpha value is 0.448. The summed E-state index contributed by atoms with van der Waals surface area (Å²) in [5.74, 6) is 0. The van der Waals surface area contributed by atoms with Gasteiger partial charge in [-0.25, -0.2) is 0 Å². The van der Waals surface area contributed by atoms with Crippen LogP contribution in [0.5, 0.6) is 0 Å². The van der Waals surface area contributed by atoms with Crippen molar-refractivity contribution in [3.8, 4) is 0 Å². The van der Waals surface area contributed by atoms with E-state index < -0.39 is 15.1 Å². The Labute approximate surface area is 41.4 Å². The van der Waals surface area contributed by atoms with Crippen molar-refractivity contribution in [1.29, 1.82) is 0 Å². The molecule has 0 bridgehead atoms. The van der Waals surface area contributed by atoms with E-state index in [9.17, 15) is 0 Å². The van der Waals surface area contributed by atoms with Crippen molar-refractivity contribution in [2.45, 2.75) is 0 Å². The van der Waals surface area contributed by atoms with Crippen molar-refractivity contribution in [1.82, 2.24) is 0 Å². The molecule has 0 unspecified atom stereocenters. The molecule has 0 rings (SSSR count). The van der Waals surface area contributed by atoms with E-state index in [0.29, 0.717) is 0 Å². The van der Waals surface area contributed by atoms with Gasteiger partial charge in [-0.2, -0.15) is 0 Å². The van der Waals surface area contributed by atoms with Gasteiger partial charge in [-0.1, -0.05) is 0 Å². The van der Waals surface area contributed by atoms with Crippen molar-refractivity contribution >= 4 is 0 Å². The Morgan fingerprint density at radius 1 is 0.571 bits per heavy atom. The van der Waals surface area contributed by atoms with Crippen molar-refractivity contribution < 1.29 is 15.1 Å². The van der Waals surface area contributed by atoms with E-state index in [1.54, 1.807) is 0 Å². The molecular weight excluding hydrogens is 180 g/mol. The van der Waals surface area contributed by atoms with Crippen molar-refractivity contribution in [2.75, 3.05) is 0 Å². The van der Waals surface area contributed by atoms with Crippen LogP contribution in [-0.4, -0.2) is 0 Å². The first-order valence-corrected chi connectivity index (χ1v) is 8.37. The average Bonchev–Trinajstić information content (AvgIpc) is 0.592. The second-order valence-electron chi connectivity index (χ2n) is 2.04. The van der Waals surface area contributed by atoms with Crippen LogP contribution in [0.3, 0.4) is 0 Å². The second-order valence-corrected chi connectivity index (χ2v) is 12.1. The molecule has 12 N–H and O–H groups in total. The van der Waals surface area contributed by atoms with Gasteiger partial charge in [-0.15, -0.1) is 0 Å². The zero-order valence-corrected chi connectivity index (χ0v) is 5.88. The molecule has 0 heterocycles. The molecular formula is H12MoN6. The molecule has 0 aliphatic heterocycles. The fraction of sp³-hybridized carbons (Fsp3) is 0. The van der Waals surface area contributed by atoms with Crippen LogP contribution in [-0.2, 0) is 15.1 Å². The summed E-state index contributed by atoms with van der Waals surface area (Å²) in [6, 6.07) is 0. The van der Waals surface area contributed by atoms with Crippen LogP contribution in [0.2, 0.25) is 0 Å². The van der Waals surface area contributed by atoms with Gasteiger partial charge in [0.1, 0.15) is 0 Å². The zero-order chi connectivity index (χ0) is 6.41. The second kappa shape index (κ2) is 0.802. The number of rotatable bonds is 0. The van der Waals surface area contributed by atoms with Crippen molar-refractivity contribution in [3.05, 3.63) is 0 Å². The normalized spacial score (nSPS) is 23.1. The zero-order valence-electron chi connectivity index (χ0n) is 3.87. The summed E-state index contributed by atoms with van der Waals surface area (Å²) in [6.45, 7) is 0. The first-order valence-electron chi connectivity index (χ1n) is 1.41. The third kappa shape index (κ3) is 635. The number of hydrogen-bond acceptors (Lipinski definition) is 6. The van der Waals surface area contributed by atoms with E-state index in [2.05, 4.69) is 0 Å². The molecule has 6 nitrogen and oxygen atoms in total.